The van der Waals surface area contributed by atoms with E-state index in [4.69, 9.17) is 0 Å². The Hall–Kier alpha value is 0. The number of rotatable bonds is 0. The maximum absolute atomic E-state index is 4.02. The lowest BCUT2D eigenvalue weighted by Gasteiger charge is -2.24. The van der Waals surface area contributed by atoms with E-state index in [2.05, 4.69) is 13.8 Å². The van der Waals surface area contributed by atoms with Crippen molar-refractivity contribution in [3.05, 3.63) is 13.8 Å². The lowest BCUT2D eigenvalue weighted by molar-refractivity contribution is 0.332. The first kappa shape index (κ1) is 6.12. The standard InChI is InChI=1S/C8H14/c1-7-5-3-4-6-8(7)2/h7-8H,1-6H2/t7-,8+. The average molecular weight is 110 g/mol. The molecule has 0 unspecified atom stereocenters. The first-order valence-electron chi connectivity index (χ1n) is 3.47. The van der Waals surface area contributed by atoms with Gasteiger partial charge in [0.25, 0.3) is 0 Å². The molecule has 2 radical (unpaired) electrons. The summed E-state index contributed by atoms with van der Waals surface area (Å²) in [6, 6.07) is 0. The molecule has 1 aliphatic carbocycles. The van der Waals surface area contributed by atoms with Gasteiger partial charge >= 0.3 is 0 Å². The van der Waals surface area contributed by atoms with Gasteiger partial charge in [-0.1, -0.05) is 25.7 Å². The Morgan fingerprint density at radius 1 is 0.875 bits per heavy atom. The van der Waals surface area contributed by atoms with Crippen LogP contribution in [0.2, 0.25) is 0 Å². The van der Waals surface area contributed by atoms with Crippen LogP contribution in [0.25, 0.3) is 0 Å². The van der Waals surface area contributed by atoms with Crippen molar-refractivity contribution < 1.29 is 0 Å². The highest BCUT2D eigenvalue weighted by Gasteiger charge is 2.15. The fourth-order valence-electron chi connectivity index (χ4n) is 1.28. The van der Waals surface area contributed by atoms with Crippen LogP contribution in [0.1, 0.15) is 25.7 Å². The third-order valence-corrected chi connectivity index (χ3v) is 2.07. The topological polar surface area (TPSA) is 0 Å². The summed E-state index contributed by atoms with van der Waals surface area (Å²) < 4.78 is 0. The van der Waals surface area contributed by atoms with E-state index >= 15 is 0 Å². The summed E-state index contributed by atoms with van der Waals surface area (Å²) in [5.41, 5.74) is 0. The maximum Gasteiger partial charge on any atom is -0.0386 e. The summed E-state index contributed by atoms with van der Waals surface area (Å²) in [6.45, 7) is 8.03. The smallest absolute Gasteiger partial charge is 0.0386 e. The zero-order chi connectivity index (χ0) is 5.98. The molecule has 0 aromatic rings. The molecule has 0 heterocycles. The molecule has 0 N–H and O–H groups in total. The monoisotopic (exact) mass is 110 g/mol. The Morgan fingerprint density at radius 2 is 1.25 bits per heavy atom. The van der Waals surface area contributed by atoms with E-state index in [1.807, 2.05) is 0 Å². The van der Waals surface area contributed by atoms with E-state index in [0.717, 1.165) is 0 Å². The van der Waals surface area contributed by atoms with E-state index in [9.17, 15) is 0 Å². The van der Waals surface area contributed by atoms with Gasteiger partial charge in [0.2, 0.25) is 0 Å². The average Bonchev–Trinajstić information content (AvgIpc) is 1.77. The molecule has 8 heavy (non-hydrogen) atoms. The lowest BCUT2D eigenvalue weighted by Crippen LogP contribution is -2.13. The fourth-order valence-corrected chi connectivity index (χ4v) is 1.28. The second kappa shape index (κ2) is 2.52. The molecule has 0 aromatic heterocycles. The Bertz CT molecular complexity index is 56.4. The molecule has 0 spiro atoms. The van der Waals surface area contributed by atoms with Crippen LogP contribution in [0.4, 0.5) is 0 Å². The third-order valence-electron chi connectivity index (χ3n) is 2.07. The predicted molar refractivity (Wildman–Crippen MR) is 36.2 cm³/mol. The molecule has 2 atom stereocenters. The van der Waals surface area contributed by atoms with Crippen molar-refractivity contribution in [1.82, 2.24) is 0 Å². The summed E-state index contributed by atoms with van der Waals surface area (Å²) >= 11 is 0. The van der Waals surface area contributed by atoms with Crippen molar-refractivity contribution in [3.8, 4) is 0 Å². The molecule has 0 heteroatoms. The Morgan fingerprint density at radius 3 is 1.50 bits per heavy atom. The van der Waals surface area contributed by atoms with Gasteiger partial charge in [0.05, 0.1) is 0 Å². The van der Waals surface area contributed by atoms with E-state index in [-0.39, 0.29) is 0 Å². The van der Waals surface area contributed by atoms with Crippen LogP contribution in [0.5, 0.6) is 0 Å². The van der Waals surface area contributed by atoms with Crippen LogP contribution in [0, 0.1) is 25.7 Å². The lowest BCUT2D eigenvalue weighted by atomic mass is 9.82. The minimum Gasteiger partial charge on any atom is -0.0530 e. The molecule has 1 aliphatic rings. The Kier molecular flexibility index (Phi) is 1.93. The van der Waals surface area contributed by atoms with Gasteiger partial charge in [0.1, 0.15) is 0 Å². The van der Waals surface area contributed by atoms with Crippen molar-refractivity contribution in [2.75, 3.05) is 0 Å². The van der Waals surface area contributed by atoms with Gasteiger partial charge in [-0.2, -0.15) is 0 Å². The molecule has 1 rings (SSSR count). The minimum atomic E-state index is 0.642. The zero-order valence-electron chi connectivity index (χ0n) is 5.40. The molecule has 0 aromatic carbocycles. The first-order valence-corrected chi connectivity index (χ1v) is 3.47. The predicted octanol–water partition coefficient (Wildman–Crippen LogP) is 2.46. The summed E-state index contributed by atoms with van der Waals surface area (Å²) in [5.74, 6) is 1.28. The van der Waals surface area contributed by atoms with Crippen LogP contribution in [-0.4, -0.2) is 0 Å². The highest BCUT2D eigenvalue weighted by Crippen LogP contribution is 2.27. The molecule has 0 nitrogen and oxygen atoms in total. The molecule has 1 fully saturated rings. The number of hydrogen-bond donors (Lipinski definition) is 0. The number of hydrogen-bond acceptors (Lipinski definition) is 0. The molecule has 0 aliphatic heterocycles. The third kappa shape index (κ3) is 1.24. The molecule has 0 saturated heterocycles. The molecule has 0 bridgehead atoms. The quantitative estimate of drug-likeness (QED) is 0.449. The largest absolute Gasteiger partial charge is 0.0530 e. The molecular weight excluding hydrogens is 96.1 g/mol. The minimum absolute atomic E-state index is 0.642. The Labute approximate surface area is 52.3 Å². The van der Waals surface area contributed by atoms with Crippen molar-refractivity contribution in [3.63, 3.8) is 0 Å². The second-order valence-corrected chi connectivity index (χ2v) is 2.80. The summed E-state index contributed by atoms with van der Waals surface area (Å²) in [5, 5.41) is 0. The fraction of sp³-hybridized carbons (Fsp3) is 0.750. The maximum atomic E-state index is 4.02. The highest BCUT2D eigenvalue weighted by atomic mass is 14.2. The van der Waals surface area contributed by atoms with Gasteiger partial charge in [-0.15, -0.1) is 0 Å². The SMILES string of the molecule is [CH2][C@@H]1CCCC[C@@H]1[CH2]. The first-order chi connectivity index (χ1) is 3.80. The Balaban J connectivity index is 2.28. The zero-order valence-corrected chi connectivity index (χ0v) is 5.40. The summed E-state index contributed by atoms with van der Waals surface area (Å²) in [6.07, 6.45) is 5.35. The van der Waals surface area contributed by atoms with Gasteiger partial charge < -0.3 is 0 Å². The molecular formula is C8H14. The van der Waals surface area contributed by atoms with Crippen molar-refractivity contribution in [2.24, 2.45) is 11.8 Å². The van der Waals surface area contributed by atoms with E-state index in [1.165, 1.54) is 25.7 Å². The molecule has 1 saturated carbocycles. The normalized spacial score (nSPS) is 39.8. The van der Waals surface area contributed by atoms with Crippen LogP contribution in [-0.2, 0) is 0 Å². The van der Waals surface area contributed by atoms with Crippen LogP contribution in [0.3, 0.4) is 0 Å². The van der Waals surface area contributed by atoms with Gasteiger partial charge in [0.15, 0.2) is 0 Å². The van der Waals surface area contributed by atoms with E-state index < -0.39 is 0 Å². The van der Waals surface area contributed by atoms with Gasteiger partial charge in [-0.3, -0.25) is 0 Å². The van der Waals surface area contributed by atoms with Crippen LogP contribution in [0.15, 0.2) is 0 Å². The summed E-state index contributed by atoms with van der Waals surface area (Å²) in [4.78, 5) is 0. The van der Waals surface area contributed by atoms with Crippen molar-refractivity contribution in [2.45, 2.75) is 25.7 Å². The van der Waals surface area contributed by atoms with Crippen molar-refractivity contribution >= 4 is 0 Å². The van der Waals surface area contributed by atoms with E-state index in [0.29, 0.717) is 11.8 Å². The molecule has 0 amide bonds. The van der Waals surface area contributed by atoms with E-state index in [1.54, 1.807) is 0 Å². The van der Waals surface area contributed by atoms with Crippen LogP contribution < -0.4 is 0 Å². The summed E-state index contributed by atoms with van der Waals surface area (Å²) in [7, 11) is 0. The second-order valence-electron chi connectivity index (χ2n) is 2.80. The van der Waals surface area contributed by atoms with Crippen LogP contribution >= 0.6 is 0 Å². The van der Waals surface area contributed by atoms with Gasteiger partial charge in [-0.25, -0.2) is 0 Å². The van der Waals surface area contributed by atoms with Crippen molar-refractivity contribution in [1.29, 1.82) is 0 Å². The molecule has 46 valence electrons. The van der Waals surface area contributed by atoms with Gasteiger partial charge in [0, 0.05) is 0 Å². The van der Waals surface area contributed by atoms with Gasteiger partial charge in [-0.05, 0) is 25.7 Å². The highest BCUT2D eigenvalue weighted by molar-refractivity contribution is 4.77.